The van der Waals surface area contributed by atoms with Gasteiger partial charge >= 0.3 is 6.18 Å². The first-order valence-electron chi connectivity index (χ1n) is 9.73. The van der Waals surface area contributed by atoms with E-state index in [2.05, 4.69) is 14.9 Å². The zero-order valence-corrected chi connectivity index (χ0v) is 17.2. The molecule has 0 aliphatic carbocycles. The number of hydrogen-bond acceptors (Lipinski definition) is 6. The van der Waals surface area contributed by atoms with E-state index in [1.807, 2.05) is 24.3 Å². The van der Waals surface area contributed by atoms with Crippen molar-refractivity contribution in [3.05, 3.63) is 59.2 Å². The smallest absolute Gasteiger partial charge is 0.379 e. The van der Waals surface area contributed by atoms with Crippen molar-refractivity contribution in [2.45, 2.75) is 6.18 Å². The van der Waals surface area contributed by atoms with E-state index < -0.39 is 16.8 Å². The lowest BCUT2D eigenvalue weighted by molar-refractivity contribution is -0.137. The van der Waals surface area contributed by atoms with Crippen LogP contribution in [0.1, 0.15) is 5.56 Å². The molecule has 164 valence electrons. The van der Waals surface area contributed by atoms with Crippen LogP contribution in [0.5, 0.6) is 0 Å². The molecule has 0 saturated carbocycles. The largest absolute Gasteiger partial charge is 0.417 e. The highest BCUT2D eigenvalue weighted by atomic mass is 35.5. The summed E-state index contributed by atoms with van der Waals surface area (Å²) >= 11 is 5.93. The minimum absolute atomic E-state index is 0.205. The van der Waals surface area contributed by atoms with Crippen LogP contribution < -0.4 is 5.06 Å². The van der Waals surface area contributed by atoms with E-state index in [0.717, 1.165) is 24.5 Å². The van der Waals surface area contributed by atoms with Crippen LogP contribution in [0, 0.1) is 0 Å². The number of ether oxygens (including phenoxy) is 1. The van der Waals surface area contributed by atoms with Gasteiger partial charge in [0.05, 0.1) is 41.6 Å². The normalized spacial score (nSPS) is 15.4. The first-order chi connectivity index (χ1) is 14.9. The topological polar surface area (TPSA) is 50.7 Å². The number of rotatable bonds is 6. The first kappa shape index (κ1) is 21.8. The summed E-state index contributed by atoms with van der Waals surface area (Å²) in [4.78, 5) is 17.0. The maximum Gasteiger partial charge on any atom is 0.417 e. The molecule has 0 bridgehead atoms. The maximum absolute atomic E-state index is 13.1. The monoisotopic (exact) mass is 452 g/mol. The minimum Gasteiger partial charge on any atom is -0.379 e. The van der Waals surface area contributed by atoms with Crippen LogP contribution in [0.15, 0.2) is 48.7 Å². The summed E-state index contributed by atoms with van der Waals surface area (Å²) in [6.45, 7) is 3.82. The summed E-state index contributed by atoms with van der Waals surface area (Å²) in [5, 5.41) is 1.73. The highest BCUT2D eigenvalue weighted by molar-refractivity contribution is 6.31. The van der Waals surface area contributed by atoms with E-state index in [0.29, 0.717) is 31.0 Å². The molecule has 2 aromatic carbocycles. The van der Waals surface area contributed by atoms with Crippen molar-refractivity contribution in [1.29, 1.82) is 0 Å². The van der Waals surface area contributed by atoms with Gasteiger partial charge in [-0.25, -0.2) is 9.97 Å². The van der Waals surface area contributed by atoms with E-state index in [1.54, 1.807) is 6.20 Å². The SMILES string of the molecule is FC(F)(F)c1ccc(N(OCCN2CCOCC2)c2ncc3ccccc3n2)cc1Cl. The Kier molecular flexibility index (Phi) is 6.57. The first-order valence-corrected chi connectivity index (χ1v) is 10.1. The number of aromatic nitrogens is 2. The third-order valence-corrected chi connectivity index (χ3v) is 5.19. The van der Waals surface area contributed by atoms with Gasteiger partial charge in [-0.15, -0.1) is 0 Å². The van der Waals surface area contributed by atoms with Crippen molar-refractivity contribution < 1.29 is 22.7 Å². The molecule has 0 N–H and O–H groups in total. The number of anilines is 2. The van der Waals surface area contributed by atoms with Crippen LogP contribution in [0.3, 0.4) is 0 Å². The maximum atomic E-state index is 13.1. The third-order valence-electron chi connectivity index (χ3n) is 4.88. The number of halogens is 4. The van der Waals surface area contributed by atoms with Crippen molar-refractivity contribution in [2.75, 3.05) is 44.5 Å². The van der Waals surface area contributed by atoms with E-state index in [-0.39, 0.29) is 12.6 Å². The average molecular weight is 453 g/mol. The molecule has 10 heteroatoms. The van der Waals surface area contributed by atoms with Crippen LogP contribution in [0.2, 0.25) is 5.02 Å². The molecular weight excluding hydrogens is 433 g/mol. The summed E-state index contributed by atoms with van der Waals surface area (Å²) in [5.41, 5.74) is 0.0770. The Hall–Kier alpha value is -2.46. The summed E-state index contributed by atoms with van der Waals surface area (Å²) in [6, 6.07) is 10.8. The van der Waals surface area contributed by atoms with Gasteiger partial charge < -0.3 is 4.74 Å². The predicted octanol–water partition coefficient (Wildman–Crippen LogP) is 4.70. The van der Waals surface area contributed by atoms with Gasteiger partial charge in [0.2, 0.25) is 0 Å². The average Bonchev–Trinajstić information content (AvgIpc) is 2.76. The quantitative estimate of drug-likeness (QED) is 0.505. The molecule has 6 nitrogen and oxygen atoms in total. The predicted molar refractivity (Wildman–Crippen MR) is 111 cm³/mol. The van der Waals surface area contributed by atoms with Gasteiger partial charge in [0.25, 0.3) is 5.95 Å². The summed E-state index contributed by atoms with van der Waals surface area (Å²) < 4.78 is 44.7. The van der Waals surface area contributed by atoms with E-state index in [9.17, 15) is 13.2 Å². The van der Waals surface area contributed by atoms with Crippen LogP contribution in [-0.4, -0.2) is 54.3 Å². The van der Waals surface area contributed by atoms with Crippen molar-refractivity contribution >= 4 is 34.1 Å². The number of morpholine rings is 1. The summed E-state index contributed by atoms with van der Waals surface area (Å²) in [6.07, 6.45) is -2.90. The molecule has 31 heavy (non-hydrogen) atoms. The number of para-hydroxylation sites is 1. The Morgan fingerprint density at radius 1 is 1.13 bits per heavy atom. The number of fused-ring (bicyclic) bond motifs is 1. The Morgan fingerprint density at radius 3 is 2.65 bits per heavy atom. The van der Waals surface area contributed by atoms with Gasteiger partial charge in [0.1, 0.15) is 0 Å². The van der Waals surface area contributed by atoms with Crippen molar-refractivity contribution in [2.24, 2.45) is 0 Å². The molecule has 1 aliphatic heterocycles. The molecule has 0 unspecified atom stereocenters. The summed E-state index contributed by atoms with van der Waals surface area (Å²) in [5.74, 6) is 0.205. The molecular formula is C21H20ClF3N4O2. The molecule has 4 rings (SSSR count). The lowest BCUT2D eigenvalue weighted by atomic mass is 10.2. The molecule has 0 radical (unpaired) electrons. The highest BCUT2D eigenvalue weighted by Gasteiger charge is 2.33. The van der Waals surface area contributed by atoms with Crippen LogP contribution in [-0.2, 0) is 15.8 Å². The fourth-order valence-electron chi connectivity index (χ4n) is 3.25. The highest BCUT2D eigenvalue weighted by Crippen LogP contribution is 2.37. The molecule has 0 spiro atoms. The Labute approximate surface area is 182 Å². The molecule has 0 amide bonds. The van der Waals surface area contributed by atoms with Crippen LogP contribution in [0.4, 0.5) is 24.8 Å². The lowest BCUT2D eigenvalue weighted by Gasteiger charge is -2.28. The van der Waals surface area contributed by atoms with E-state index in [4.69, 9.17) is 21.2 Å². The fraction of sp³-hybridized carbons (Fsp3) is 0.333. The second kappa shape index (κ2) is 9.35. The van der Waals surface area contributed by atoms with Gasteiger partial charge in [-0.1, -0.05) is 29.8 Å². The van der Waals surface area contributed by atoms with Gasteiger partial charge in [0, 0.05) is 31.2 Å². The van der Waals surface area contributed by atoms with Gasteiger partial charge in [-0.05, 0) is 24.3 Å². The number of alkyl halides is 3. The standard InChI is InChI=1S/C21H20ClF3N4O2/c22-18-13-16(5-6-17(18)21(23,24)25)29(31-12-9-28-7-10-30-11-8-28)20-26-14-15-3-1-2-4-19(15)27-20/h1-6,13-14H,7-12H2. The van der Waals surface area contributed by atoms with Crippen LogP contribution in [0.25, 0.3) is 10.9 Å². The van der Waals surface area contributed by atoms with Crippen molar-refractivity contribution in [1.82, 2.24) is 14.9 Å². The van der Waals surface area contributed by atoms with Crippen molar-refractivity contribution in [3.63, 3.8) is 0 Å². The molecule has 1 saturated heterocycles. The Balaban J connectivity index is 1.62. The molecule has 1 aromatic heterocycles. The van der Waals surface area contributed by atoms with E-state index >= 15 is 0 Å². The lowest BCUT2D eigenvalue weighted by Crippen LogP contribution is -2.39. The molecule has 3 aromatic rings. The van der Waals surface area contributed by atoms with E-state index in [1.165, 1.54) is 17.2 Å². The summed E-state index contributed by atoms with van der Waals surface area (Å²) in [7, 11) is 0. The number of nitrogens with zero attached hydrogens (tertiary/aromatic N) is 4. The zero-order chi connectivity index (χ0) is 21.8. The minimum atomic E-state index is -4.54. The van der Waals surface area contributed by atoms with Gasteiger partial charge in [-0.3, -0.25) is 9.74 Å². The molecule has 1 fully saturated rings. The van der Waals surface area contributed by atoms with Crippen molar-refractivity contribution in [3.8, 4) is 0 Å². The molecule has 2 heterocycles. The molecule has 1 aliphatic rings. The second-order valence-corrected chi connectivity index (χ2v) is 7.38. The van der Waals surface area contributed by atoms with Crippen LogP contribution >= 0.6 is 11.6 Å². The third kappa shape index (κ3) is 5.24. The number of hydrogen-bond donors (Lipinski definition) is 0. The Bertz CT molecular complexity index is 1040. The number of benzene rings is 2. The Morgan fingerprint density at radius 2 is 1.90 bits per heavy atom. The van der Waals surface area contributed by atoms with Gasteiger partial charge in [-0.2, -0.15) is 18.2 Å². The fourth-order valence-corrected chi connectivity index (χ4v) is 3.54. The molecule has 0 atom stereocenters. The zero-order valence-electron chi connectivity index (χ0n) is 16.5. The van der Waals surface area contributed by atoms with Gasteiger partial charge in [0.15, 0.2) is 0 Å². The second-order valence-electron chi connectivity index (χ2n) is 6.97.